The Morgan fingerprint density at radius 2 is 1.70 bits per heavy atom. The summed E-state index contributed by atoms with van der Waals surface area (Å²) in [7, 11) is 2.41. The van der Waals surface area contributed by atoms with E-state index < -0.39 is 41.9 Å². The van der Waals surface area contributed by atoms with Crippen LogP contribution in [0.25, 0.3) is 0 Å². The van der Waals surface area contributed by atoms with E-state index in [2.05, 4.69) is 4.99 Å². The molecule has 1 aliphatic rings. The Morgan fingerprint density at radius 1 is 1.25 bits per heavy atom. The maximum Gasteiger partial charge on any atom is 0.332 e. The molecule has 0 aromatic carbocycles. The molecule has 2 atom stereocenters. The molecule has 0 aromatic rings. The maximum absolute atomic E-state index is 11.8. The molecule has 1 fully saturated rings. The molecule has 20 heavy (non-hydrogen) atoms. The van der Waals surface area contributed by atoms with Crippen LogP contribution in [-0.2, 0) is 14.4 Å². The molecule has 0 unspecified atom stereocenters. The molecule has 110 valence electrons. The number of carboxylic acid groups (broad SMARTS) is 1. The number of rotatable bonds is 4. The second-order valence-corrected chi connectivity index (χ2v) is 4.38. The van der Waals surface area contributed by atoms with Gasteiger partial charge < -0.3 is 10.2 Å². The number of carbonyl (C=O) groups is 4. The van der Waals surface area contributed by atoms with Gasteiger partial charge in [0.15, 0.2) is 12.0 Å². The fourth-order valence-electron chi connectivity index (χ4n) is 1.64. The number of carbonyl (C=O) groups excluding carboxylic acids is 3. The lowest BCUT2D eigenvalue weighted by molar-refractivity contribution is -0.145. The molecule has 0 saturated carbocycles. The number of aliphatic carboxylic acids is 1. The first-order valence-corrected chi connectivity index (χ1v) is 5.71. The lowest BCUT2D eigenvalue weighted by atomic mass is 10.1. The van der Waals surface area contributed by atoms with Crippen LogP contribution in [0.1, 0.15) is 6.92 Å². The summed E-state index contributed by atoms with van der Waals surface area (Å²) in [5, 5.41) is 18.1. The second kappa shape index (κ2) is 5.78. The first-order chi connectivity index (χ1) is 9.18. The zero-order valence-corrected chi connectivity index (χ0v) is 11.2. The van der Waals surface area contributed by atoms with Gasteiger partial charge in [0.1, 0.15) is 0 Å². The Labute approximate surface area is 114 Å². The van der Waals surface area contributed by atoms with Crippen molar-refractivity contribution in [3.05, 3.63) is 0 Å². The zero-order valence-electron chi connectivity index (χ0n) is 11.2. The van der Waals surface area contributed by atoms with Gasteiger partial charge in [0, 0.05) is 20.3 Å². The van der Waals surface area contributed by atoms with E-state index in [1.54, 1.807) is 0 Å². The number of nitrogens with zero attached hydrogens (tertiary/aromatic N) is 3. The van der Waals surface area contributed by atoms with Gasteiger partial charge in [-0.25, -0.2) is 9.59 Å². The molecule has 1 rings (SSSR count). The summed E-state index contributed by atoms with van der Waals surface area (Å²) in [6.07, 6.45) is -0.426. The van der Waals surface area contributed by atoms with E-state index in [1.165, 1.54) is 21.0 Å². The minimum Gasteiger partial charge on any atom is -0.480 e. The average molecular weight is 285 g/mol. The van der Waals surface area contributed by atoms with Crippen LogP contribution in [0.2, 0.25) is 0 Å². The number of carboxylic acids is 1. The van der Waals surface area contributed by atoms with Gasteiger partial charge in [-0.15, -0.1) is 0 Å². The van der Waals surface area contributed by atoms with E-state index in [0.717, 1.165) is 16.0 Å². The Kier molecular flexibility index (Phi) is 4.56. The lowest BCUT2D eigenvalue weighted by Crippen LogP contribution is -2.57. The summed E-state index contributed by atoms with van der Waals surface area (Å²) >= 11 is 0. The van der Waals surface area contributed by atoms with Crippen LogP contribution >= 0.6 is 0 Å². The largest absolute Gasteiger partial charge is 0.480 e. The minimum atomic E-state index is -1.48. The fourth-order valence-corrected chi connectivity index (χ4v) is 1.64. The van der Waals surface area contributed by atoms with Crippen molar-refractivity contribution in [1.29, 1.82) is 0 Å². The van der Waals surface area contributed by atoms with E-state index in [1.807, 2.05) is 0 Å². The quantitative estimate of drug-likeness (QED) is 0.481. The van der Waals surface area contributed by atoms with Crippen LogP contribution in [0.5, 0.6) is 0 Å². The van der Waals surface area contributed by atoms with Crippen LogP contribution in [0.15, 0.2) is 4.99 Å². The van der Waals surface area contributed by atoms with E-state index in [0.29, 0.717) is 0 Å². The average Bonchev–Trinajstić information content (AvgIpc) is 2.37. The molecule has 9 heteroatoms. The third kappa shape index (κ3) is 2.82. The van der Waals surface area contributed by atoms with Crippen molar-refractivity contribution >= 4 is 30.0 Å². The highest BCUT2D eigenvalue weighted by Gasteiger charge is 2.41. The van der Waals surface area contributed by atoms with E-state index in [9.17, 15) is 24.3 Å². The molecule has 1 aliphatic heterocycles. The van der Waals surface area contributed by atoms with Crippen LogP contribution in [0, 0.1) is 5.92 Å². The summed E-state index contributed by atoms with van der Waals surface area (Å²) in [6, 6.07) is -2.25. The number of aliphatic imine (C=N–C) groups is 1. The number of urea groups is 1. The van der Waals surface area contributed by atoms with Gasteiger partial charge in [-0.3, -0.25) is 24.4 Å². The molecular formula is C11H15N3O6. The van der Waals surface area contributed by atoms with Gasteiger partial charge >= 0.3 is 12.0 Å². The predicted octanol–water partition coefficient (Wildman–Crippen LogP) is -1.44. The molecule has 2 N–H and O–H groups in total. The van der Waals surface area contributed by atoms with Crippen molar-refractivity contribution in [2.45, 2.75) is 19.1 Å². The Hall–Kier alpha value is -2.29. The smallest absolute Gasteiger partial charge is 0.332 e. The normalized spacial score (nSPS) is 20.7. The SMILES string of the molecule is C[C@H](O)[C@H](N=CC1C(=O)N(C)C(=O)N(C)C1=O)C(=O)O. The summed E-state index contributed by atoms with van der Waals surface area (Å²) in [6.45, 7) is 1.22. The highest BCUT2D eigenvalue weighted by atomic mass is 16.4. The van der Waals surface area contributed by atoms with Crippen LogP contribution in [-0.4, -0.2) is 76.3 Å². The van der Waals surface area contributed by atoms with Crippen molar-refractivity contribution < 1.29 is 29.4 Å². The number of barbiturate groups is 1. The van der Waals surface area contributed by atoms with Gasteiger partial charge in [0.2, 0.25) is 11.8 Å². The second-order valence-electron chi connectivity index (χ2n) is 4.38. The van der Waals surface area contributed by atoms with Gasteiger partial charge in [-0.05, 0) is 6.92 Å². The van der Waals surface area contributed by atoms with Gasteiger partial charge in [0.25, 0.3) is 0 Å². The van der Waals surface area contributed by atoms with Crippen molar-refractivity contribution in [3.8, 4) is 0 Å². The molecule has 1 heterocycles. The van der Waals surface area contributed by atoms with Crippen LogP contribution in [0.4, 0.5) is 4.79 Å². The molecular weight excluding hydrogens is 270 g/mol. The minimum absolute atomic E-state index is 0.746. The van der Waals surface area contributed by atoms with Crippen molar-refractivity contribution in [3.63, 3.8) is 0 Å². The van der Waals surface area contributed by atoms with Crippen molar-refractivity contribution in [1.82, 2.24) is 9.80 Å². The first-order valence-electron chi connectivity index (χ1n) is 5.71. The molecule has 1 saturated heterocycles. The van der Waals surface area contributed by atoms with Crippen LogP contribution < -0.4 is 0 Å². The molecule has 0 spiro atoms. The highest BCUT2D eigenvalue weighted by molar-refractivity contribution is 6.23. The predicted molar refractivity (Wildman–Crippen MR) is 66.0 cm³/mol. The molecule has 0 aromatic heterocycles. The van der Waals surface area contributed by atoms with E-state index in [-0.39, 0.29) is 0 Å². The Morgan fingerprint density at radius 3 is 2.05 bits per heavy atom. The fraction of sp³-hybridized carbons (Fsp3) is 0.545. The third-order valence-corrected chi connectivity index (χ3v) is 2.87. The highest BCUT2D eigenvalue weighted by Crippen LogP contribution is 2.14. The Balaban J connectivity index is 3.00. The molecule has 4 amide bonds. The molecule has 0 bridgehead atoms. The summed E-state index contributed by atoms with van der Waals surface area (Å²) in [5.74, 6) is -4.35. The van der Waals surface area contributed by atoms with Gasteiger partial charge in [-0.2, -0.15) is 0 Å². The number of imide groups is 2. The number of amides is 4. The number of hydrogen-bond acceptors (Lipinski definition) is 6. The third-order valence-electron chi connectivity index (χ3n) is 2.87. The number of aliphatic hydroxyl groups is 1. The monoisotopic (exact) mass is 285 g/mol. The number of aliphatic hydroxyl groups excluding tert-OH is 1. The topological polar surface area (TPSA) is 128 Å². The van der Waals surface area contributed by atoms with Crippen molar-refractivity contribution in [2.24, 2.45) is 10.9 Å². The number of hydrogen-bond donors (Lipinski definition) is 2. The summed E-state index contributed by atoms with van der Waals surface area (Å²) in [4.78, 5) is 51.0. The first kappa shape index (κ1) is 15.8. The zero-order chi connectivity index (χ0) is 15.6. The maximum atomic E-state index is 11.8. The van der Waals surface area contributed by atoms with Gasteiger partial charge in [-0.1, -0.05) is 0 Å². The standard InChI is InChI=1S/C11H15N3O6/c1-5(15)7(10(18)19)12-4-6-8(16)13(2)11(20)14(3)9(6)17/h4-7,15H,1-3H3,(H,18,19)/t5-,7-/m0/s1. The molecule has 0 aliphatic carbocycles. The Bertz CT molecular complexity index is 463. The summed E-state index contributed by atoms with van der Waals surface area (Å²) in [5.41, 5.74) is 0. The van der Waals surface area contributed by atoms with E-state index in [4.69, 9.17) is 5.11 Å². The lowest BCUT2D eigenvalue weighted by Gasteiger charge is -2.31. The van der Waals surface area contributed by atoms with Crippen molar-refractivity contribution in [2.75, 3.05) is 14.1 Å². The van der Waals surface area contributed by atoms with Crippen LogP contribution in [0.3, 0.4) is 0 Å². The molecule has 0 radical (unpaired) electrons. The summed E-state index contributed by atoms with van der Waals surface area (Å²) < 4.78 is 0. The van der Waals surface area contributed by atoms with E-state index >= 15 is 0 Å². The molecule has 9 nitrogen and oxygen atoms in total. The van der Waals surface area contributed by atoms with Gasteiger partial charge in [0.05, 0.1) is 6.10 Å².